The second-order valence-electron chi connectivity index (χ2n) is 6.95. The summed E-state index contributed by atoms with van der Waals surface area (Å²) in [6.45, 7) is 0.389. The van der Waals surface area contributed by atoms with Crippen LogP contribution in [-0.4, -0.2) is 61.0 Å². The molecule has 0 aliphatic carbocycles. The highest BCUT2D eigenvalue weighted by atomic mass is 32.2. The van der Waals surface area contributed by atoms with E-state index in [4.69, 9.17) is 4.84 Å². The fraction of sp³-hybridized carbons (Fsp3) is 0.316. The van der Waals surface area contributed by atoms with Crippen LogP contribution in [0.3, 0.4) is 0 Å². The SMILES string of the molecule is CN(C)S(=O)(=O)c1ccc2nnn(OCC(=O)N3CCCc4ccccc43)c2c1. The van der Waals surface area contributed by atoms with Crippen LogP contribution in [0.5, 0.6) is 0 Å². The van der Waals surface area contributed by atoms with Gasteiger partial charge in [-0.25, -0.2) is 12.7 Å². The zero-order valence-corrected chi connectivity index (χ0v) is 17.0. The Morgan fingerprint density at radius 2 is 2.00 bits per heavy atom. The van der Waals surface area contributed by atoms with Crippen LogP contribution in [-0.2, 0) is 21.2 Å². The van der Waals surface area contributed by atoms with Gasteiger partial charge in [-0.1, -0.05) is 23.0 Å². The molecular weight excluding hydrogens is 394 g/mol. The third-order valence-corrected chi connectivity index (χ3v) is 6.70. The van der Waals surface area contributed by atoms with E-state index < -0.39 is 10.0 Å². The van der Waals surface area contributed by atoms with Crippen molar-refractivity contribution in [2.75, 3.05) is 32.1 Å². The summed E-state index contributed by atoms with van der Waals surface area (Å²) >= 11 is 0. The zero-order chi connectivity index (χ0) is 20.6. The van der Waals surface area contributed by atoms with Gasteiger partial charge in [0.15, 0.2) is 6.61 Å². The molecule has 0 atom stereocenters. The van der Waals surface area contributed by atoms with Crippen molar-refractivity contribution < 1.29 is 18.0 Å². The highest BCUT2D eigenvalue weighted by molar-refractivity contribution is 7.89. The van der Waals surface area contributed by atoms with E-state index >= 15 is 0 Å². The molecule has 1 aliphatic rings. The smallest absolute Gasteiger partial charge is 0.267 e. The summed E-state index contributed by atoms with van der Waals surface area (Å²) in [5.74, 6) is -0.196. The molecule has 0 bridgehead atoms. The average Bonchev–Trinajstić information content (AvgIpc) is 3.13. The molecule has 10 heteroatoms. The number of benzene rings is 2. The lowest BCUT2D eigenvalue weighted by molar-refractivity contribution is -0.123. The number of aromatic nitrogens is 3. The molecule has 29 heavy (non-hydrogen) atoms. The van der Waals surface area contributed by atoms with E-state index in [0.717, 1.165) is 33.2 Å². The molecule has 0 fully saturated rings. The molecule has 0 saturated carbocycles. The Balaban J connectivity index is 1.55. The molecule has 0 N–H and O–H groups in total. The Morgan fingerprint density at radius 3 is 2.79 bits per heavy atom. The Bertz CT molecular complexity index is 1170. The summed E-state index contributed by atoms with van der Waals surface area (Å²) in [5, 5.41) is 7.86. The van der Waals surface area contributed by atoms with Gasteiger partial charge in [-0.2, -0.15) is 0 Å². The first-order valence-corrected chi connectivity index (χ1v) is 10.6. The number of hydrogen-bond donors (Lipinski definition) is 0. The lowest BCUT2D eigenvalue weighted by atomic mass is 10.0. The second kappa shape index (κ2) is 7.45. The maximum Gasteiger partial charge on any atom is 0.267 e. The predicted molar refractivity (Wildman–Crippen MR) is 107 cm³/mol. The van der Waals surface area contributed by atoms with E-state index in [1.54, 1.807) is 11.0 Å². The first-order chi connectivity index (χ1) is 13.9. The third-order valence-electron chi connectivity index (χ3n) is 4.89. The summed E-state index contributed by atoms with van der Waals surface area (Å²) in [5.41, 5.74) is 2.88. The predicted octanol–water partition coefficient (Wildman–Crippen LogP) is 1.09. The summed E-state index contributed by atoms with van der Waals surface area (Å²) < 4.78 is 25.9. The molecular formula is C19H21N5O4S. The van der Waals surface area contributed by atoms with Crippen molar-refractivity contribution in [2.24, 2.45) is 0 Å². The summed E-state index contributed by atoms with van der Waals surface area (Å²) in [4.78, 5) is 21.2. The van der Waals surface area contributed by atoms with E-state index in [1.165, 1.54) is 26.2 Å². The number of anilines is 1. The molecule has 0 spiro atoms. The summed E-state index contributed by atoms with van der Waals surface area (Å²) in [7, 11) is -0.693. The lowest BCUT2D eigenvalue weighted by Crippen LogP contribution is -2.40. The molecule has 3 aromatic rings. The van der Waals surface area contributed by atoms with Crippen molar-refractivity contribution in [1.29, 1.82) is 0 Å². The standard InChI is InChI=1S/C19H21N5O4S/c1-22(2)29(26,27)15-9-10-16-18(12-15)24(21-20-16)28-13-19(25)23-11-5-7-14-6-3-4-8-17(14)23/h3-4,6,8-10,12H,5,7,11,13H2,1-2H3. The first kappa shape index (κ1) is 19.3. The summed E-state index contributed by atoms with van der Waals surface area (Å²) in [6.07, 6.45) is 1.83. The number of sulfonamides is 1. The Kier molecular flexibility index (Phi) is 4.97. The van der Waals surface area contributed by atoms with Gasteiger partial charge < -0.3 is 9.74 Å². The minimum atomic E-state index is -3.61. The Hall–Kier alpha value is -2.98. The van der Waals surface area contributed by atoms with Crippen molar-refractivity contribution in [3.63, 3.8) is 0 Å². The fourth-order valence-corrected chi connectivity index (χ4v) is 4.25. The number of para-hydroxylation sites is 1. The minimum absolute atomic E-state index is 0.0958. The fourth-order valence-electron chi connectivity index (χ4n) is 3.33. The van der Waals surface area contributed by atoms with Crippen molar-refractivity contribution in [1.82, 2.24) is 19.5 Å². The highest BCUT2D eigenvalue weighted by Gasteiger charge is 2.23. The first-order valence-electron chi connectivity index (χ1n) is 9.17. The molecule has 0 radical (unpaired) electrons. The molecule has 4 rings (SSSR count). The van der Waals surface area contributed by atoms with Gasteiger partial charge in [0.2, 0.25) is 10.0 Å². The topological polar surface area (TPSA) is 97.6 Å². The number of nitrogens with zero attached hydrogens (tertiary/aromatic N) is 5. The quantitative estimate of drug-likeness (QED) is 0.619. The van der Waals surface area contributed by atoms with E-state index in [2.05, 4.69) is 10.3 Å². The van der Waals surface area contributed by atoms with Gasteiger partial charge in [-0.05, 0) is 47.9 Å². The summed E-state index contributed by atoms with van der Waals surface area (Å²) in [6, 6.07) is 12.3. The lowest BCUT2D eigenvalue weighted by Gasteiger charge is -2.29. The van der Waals surface area contributed by atoms with E-state index in [1.807, 2.05) is 24.3 Å². The van der Waals surface area contributed by atoms with Crippen molar-refractivity contribution in [3.8, 4) is 0 Å². The van der Waals surface area contributed by atoms with Crippen LogP contribution in [0.15, 0.2) is 47.4 Å². The van der Waals surface area contributed by atoms with Crippen LogP contribution in [0.25, 0.3) is 11.0 Å². The Morgan fingerprint density at radius 1 is 1.21 bits per heavy atom. The number of amides is 1. The maximum absolute atomic E-state index is 12.7. The molecule has 0 unspecified atom stereocenters. The second-order valence-corrected chi connectivity index (χ2v) is 9.10. The average molecular weight is 415 g/mol. The molecule has 0 saturated heterocycles. The number of carbonyl (C=O) groups excluding carboxylic acids is 1. The van der Waals surface area contributed by atoms with Crippen LogP contribution >= 0.6 is 0 Å². The number of aryl methyl sites for hydroxylation is 1. The third kappa shape index (κ3) is 3.56. The van der Waals surface area contributed by atoms with Crippen LogP contribution in [0.1, 0.15) is 12.0 Å². The largest absolute Gasteiger partial charge is 0.385 e. The molecule has 1 aromatic heterocycles. The van der Waals surface area contributed by atoms with Crippen LogP contribution in [0.4, 0.5) is 5.69 Å². The van der Waals surface area contributed by atoms with Crippen molar-refractivity contribution in [3.05, 3.63) is 48.0 Å². The van der Waals surface area contributed by atoms with Crippen LogP contribution in [0.2, 0.25) is 0 Å². The molecule has 1 amide bonds. The van der Waals surface area contributed by atoms with E-state index in [0.29, 0.717) is 17.6 Å². The van der Waals surface area contributed by atoms with Crippen molar-refractivity contribution in [2.45, 2.75) is 17.7 Å². The van der Waals surface area contributed by atoms with Gasteiger partial charge in [0.05, 0.1) is 4.90 Å². The van der Waals surface area contributed by atoms with E-state index in [-0.39, 0.29) is 17.4 Å². The van der Waals surface area contributed by atoms with Crippen LogP contribution in [0, 0.1) is 0 Å². The molecule has 2 heterocycles. The minimum Gasteiger partial charge on any atom is -0.385 e. The number of rotatable bonds is 5. The Labute approximate surface area is 168 Å². The van der Waals surface area contributed by atoms with Gasteiger partial charge in [-0.15, -0.1) is 5.10 Å². The number of carbonyl (C=O) groups is 1. The van der Waals surface area contributed by atoms with E-state index in [9.17, 15) is 13.2 Å². The van der Waals surface area contributed by atoms with Gasteiger partial charge in [0.1, 0.15) is 11.0 Å². The van der Waals surface area contributed by atoms with Crippen molar-refractivity contribution >= 4 is 32.7 Å². The normalized spacial score (nSPS) is 14.2. The molecule has 9 nitrogen and oxygen atoms in total. The molecule has 152 valence electrons. The molecule has 2 aromatic carbocycles. The number of hydrogen-bond acceptors (Lipinski definition) is 6. The number of fused-ring (bicyclic) bond motifs is 2. The monoisotopic (exact) mass is 415 g/mol. The van der Waals surface area contributed by atoms with Gasteiger partial charge in [-0.3, -0.25) is 4.79 Å². The molecule has 1 aliphatic heterocycles. The van der Waals surface area contributed by atoms with Crippen LogP contribution < -0.4 is 9.74 Å². The van der Waals surface area contributed by atoms with Gasteiger partial charge in [0, 0.05) is 26.3 Å². The highest BCUT2D eigenvalue weighted by Crippen LogP contribution is 2.26. The van der Waals surface area contributed by atoms with Gasteiger partial charge in [0.25, 0.3) is 5.91 Å². The maximum atomic E-state index is 12.7. The van der Waals surface area contributed by atoms with Gasteiger partial charge >= 0.3 is 0 Å². The zero-order valence-electron chi connectivity index (χ0n) is 16.1.